The molecule has 0 aliphatic carbocycles. The van der Waals surface area contributed by atoms with Crippen LogP contribution in [-0.4, -0.2) is 5.11 Å². The summed E-state index contributed by atoms with van der Waals surface area (Å²) in [5.41, 5.74) is 2.03. The number of halogens is 1. The summed E-state index contributed by atoms with van der Waals surface area (Å²) in [7, 11) is 0. The predicted octanol–water partition coefficient (Wildman–Crippen LogP) is 3.68. The van der Waals surface area contributed by atoms with E-state index in [-0.39, 0.29) is 0 Å². The van der Waals surface area contributed by atoms with Crippen LogP contribution in [0.4, 0.5) is 0 Å². The summed E-state index contributed by atoms with van der Waals surface area (Å²) in [4.78, 5) is 0. The summed E-state index contributed by atoms with van der Waals surface area (Å²) < 4.78 is 0. The molecule has 1 atom stereocenters. The minimum atomic E-state index is -0.435. The van der Waals surface area contributed by atoms with Crippen LogP contribution in [-0.2, 0) is 6.42 Å². The molecule has 0 fully saturated rings. The lowest BCUT2D eigenvalue weighted by Crippen LogP contribution is -1.99. The molecule has 0 bridgehead atoms. The first-order valence-electron chi connectivity index (χ1n) is 4.70. The van der Waals surface area contributed by atoms with E-state index in [1.165, 1.54) is 0 Å². The van der Waals surface area contributed by atoms with E-state index in [1.807, 2.05) is 41.1 Å². The van der Waals surface area contributed by atoms with Crippen molar-refractivity contribution in [2.45, 2.75) is 12.5 Å². The van der Waals surface area contributed by atoms with E-state index < -0.39 is 6.10 Å². The van der Waals surface area contributed by atoms with Crippen LogP contribution in [0, 0.1) is 0 Å². The maximum absolute atomic E-state index is 9.92. The summed E-state index contributed by atoms with van der Waals surface area (Å²) in [5, 5.41) is 14.6. The van der Waals surface area contributed by atoms with Crippen LogP contribution in [0.3, 0.4) is 0 Å². The highest BCUT2D eigenvalue weighted by atomic mass is 35.5. The standard InChI is InChI=1S/C12H11ClOS/c13-11-3-1-2-9(6-11)7-12(14)10-4-5-15-8-10/h1-6,8,12,14H,7H2. The van der Waals surface area contributed by atoms with Crippen molar-refractivity contribution in [2.24, 2.45) is 0 Å². The SMILES string of the molecule is OC(Cc1cccc(Cl)c1)c1ccsc1. The first kappa shape index (κ1) is 10.7. The Morgan fingerprint density at radius 3 is 2.87 bits per heavy atom. The number of rotatable bonds is 3. The number of benzene rings is 1. The molecule has 15 heavy (non-hydrogen) atoms. The fourth-order valence-electron chi connectivity index (χ4n) is 1.47. The molecule has 78 valence electrons. The topological polar surface area (TPSA) is 20.2 Å². The zero-order valence-corrected chi connectivity index (χ0v) is 9.63. The average molecular weight is 239 g/mol. The zero-order chi connectivity index (χ0) is 10.7. The molecule has 0 saturated heterocycles. The molecule has 1 aromatic heterocycles. The van der Waals surface area contributed by atoms with Crippen LogP contribution in [0.5, 0.6) is 0 Å². The number of thiophene rings is 1. The van der Waals surface area contributed by atoms with Gasteiger partial charge in [0.15, 0.2) is 0 Å². The monoisotopic (exact) mass is 238 g/mol. The van der Waals surface area contributed by atoms with E-state index in [1.54, 1.807) is 11.3 Å². The minimum absolute atomic E-state index is 0.435. The Morgan fingerprint density at radius 1 is 1.33 bits per heavy atom. The summed E-state index contributed by atoms with van der Waals surface area (Å²) >= 11 is 7.47. The molecule has 2 aromatic rings. The molecule has 0 saturated carbocycles. The van der Waals surface area contributed by atoms with Crippen molar-refractivity contribution in [3.05, 3.63) is 57.2 Å². The molecule has 0 amide bonds. The Morgan fingerprint density at radius 2 is 2.20 bits per heavy atom. The second kappa shape index (κ2) is 4.79. The third-order valence-corrected chi connectivity index (χ3v) is 3.18. The molecule has 1 aromatic carbocycles. The van der Waals surface area contributed by atoms with Gasteiger partial charge in [0, 0.05) is 11.4 Å². The fourth-order valence-corrected chi connectivity index (χ4v) is 2.39. The molecule has 1 nitrogen and oxygen atoms in total. The summed E-state index contributed by atoms with van der Waals surface area (Å²) in [5.74, 6) is 0. The van der Waals surface area contributed by atoms with Gasteiger partial charge in [0.05, 0.1) is 6.10 Å². The van der Waals surface area contributed by atoms with Gasteiger partial charge in [-0.15, -0.1) is 0 Å². The predicted molar refractivity (Wildman–Crippen MR) is 64.4 cm³/mol. The van der Waals surface area contributed by atoms with Gasteiger partial charge in [0.2, 0.25) is 0 Å². The third-order valence-electron chi connectivity index (χ3n) is 2.25. The fraction of sp³-hybridized carbons (Fsp3) is 0.167. The van der Waals surface area contributed by atoms with Crippen LogP contribution in [0.1, 0.15) is 17.2 Å². The van der Waals surface area contributed by atoms with Crippen molar-refractivity contribution in [1.29, 1.82) is 0 Å². The summed E-state index contributed by atoms with van der Waals surface area (Å²) in [6.45, 7) is 0. The van der Waals surface area contributed by atoms with E-state index in [4.69, 9.17) is 11.6 Å². The van der Waals surface area contributed by atoms with Gasteiger partial charge in [-0.05, 0) is 40.1 Å². The van der Waals surface area contributed by atoms with Gasteiger partial charge in [0.1, 0.15) is 0 Å². The van der Waals surface area contributed by atoms with E-state index in [0.717, 1.165) is 11.1 Å². The van der Waals surface area contributed by atoms with Crippen molar-refractivity contribution in [3.8, 4) is 0 Å². The van der Waals surface area contributed by atoms with E-state index >= 15 is 0 Å². The van der Waals surface area contributed by atoms with Crippen LogP contribution < -0.4 is 0 Å². The molecule has 0 spiro atoms. The van der Waals surface area contributed by atoms with Gasteiger partial charge in [0.25, 0.3) is 0 Å². The highest BCUT2D eigenvalue weighted by Gasteiger charge is 2.08. The number of hydrogen-bond acceptors (Lipinski definition) is 2. The second-order valence-corrected chi connectivity index (χ2v) is 4.62. The maximum atomic E-state index is 9.92. The Hall–Kier alpha value is -0.830. The van der Waals surface area contributed by atoms with Crippen LogP contribution in [0.15, 0.2) is 41.1 Å². The van der Waals surface area contributed by atoms with Crippen molar-refractivity contribution < 1.29 is 5.11 Å². The van der Waals surface area contributed by atoms with Gasteiger partial charge in [-0.3, -0.25) is 0 Å². The molecule has 0 radical (unpaired) electrons. The smallest absolute Gasteiger partial charge is 0.0838 e. The summed E-state index contributed by atoms with van der Waals surface area (Å²) in [6, 6.07) is 9.54. The third kappa shape index (κ3) is 2.81. The van der Waals surface area contributed by atoms with Crippen molar-refractivity contribution in [3.63, 3.8) is 0 Å². The Labute approximate surface area is 98.0 Å². The van der Waals surface area contributed by atoms with E-state index in [2.05, 4.69) is 0 Å². The van der Waals surface area contributed by atoms with Gasteiger partial charge in [-0.25, -0.2) is 0 Å². The Balaban J connectivity index is 2.09. The normalized spacial score (nSPS) is 12.7. The molecular weight excluding hydrogens is 228 g/mol. The van der Waals surface area contributed by atoms with Crippen molar-refractivity contribution in [2.75, 3.05) is 0 Å². The molecule has 3 heteroatoms. The van der Waals surface area contributed by atoms with Gasteiger partial charge in [-0.1, -0.05) is 23.7 Å². The number of hydrogen-bond donors (Lipinski definition) is 1. The Bertz CT molecular complexity index is 425. The lowest BCUT2D eigenvalue weighted by molar-refractivity contribution is 0.179. The molecule has 2 rings (SSSR count). The molecule has 1 heterocycles. The molecule has 1 N–H and O–H groups in total. The van der Waals surface area contributed by atoms with Crippen LogP contribution >= 0.6 is 22.9 Å². The largest absolute Gasteiger partial charge is 0.388 e. The maximum Gasteiger partial charge on any atom is 0.0838 e. The first-order valence-corrected chi connectivity index (χ1v) is 6.02. The average Bonchev–Trinajstić information content (AvgIpc) is 2.70. The first-order chi connectivity index (χ1) is 7.25. The molecular formula is C12H11ClOS. The van der Waals surface area contributed by atoms with Crippen molar-refractivity contribution in [1.82, 2.24) is 0 Å². The van der Waals surface area contributed by atoms with Crippen LogP contribution in [0.2, 0.25) is 5.02 Å². The van der Waals surface area contributed by atoms with Crippen molar-refractivity contribution >= 4 is 22.9 Å². The van der Waals surface area contributed by atoms with E-state index in [0.29, 0.717) is 11.4 Å². The number of aliphatic hydroxyl groups excluding tert-OH is 1. The second-order valence-electron chi connectivity index (χ2n) is 3.41. The molecule has 1 unspecified atom stereocenters. The number of aliphatic hydroxyl groups is 1. The molecule has 0 aliphatic rings. The Kier molecular flexibility index (Phi) is 3.41. The van der Waals surface area contributed by atoms with E-state index in [9.17, 15) is 5.11 Å². The summed E-state index contributed by atoms with van der Waals surface area (Å²) in [6.07, 6.45) is 0.173. The lowest BCUT2D eigenvalue weighted by Gasteiger charge is -2.08. The van der Waals surface area contributed by atoms with Gasteiger partial charge in [-0.2, -0.15) is 11.3 Å². The minimum Gasteiger partial charge on any atom is -0.388 e. The highest BCUT2D eigenvalue weighted by Crippen LogP contribution is 2.21. The van der Waals surface area contributed by atoms with Gasteiger partial charge < -0.3 is 5.11 Å². The molecule has 0 aliphatic heterocycles. The highest BCUT2D eigenvalue weighted by molar-refractivity contribution is 7.07. The quantitative estimate of drug-likeness (QED) is 0.865. The van der Waals surface area contributed by atoms with Crippen LogP contribution in [0.25, 0.3) is 0 Å². The lowest BCUT2D eigenvalue weighted by atomic mass is 10.0. The van der Waals surface area contributed by atoms with Gasteiger partial charge >= 0.3 is 0 Å². The zero-order valence-electron chi connectivity index (χ0n) is 8.06.